The Morgan fingerprint density at radius 2 is 1.62 bits per heavy atom. The minimum Gasteiger partial charge on any atom is -0.302 e. The van der Waals surface area contributed by atoms with Gasteiger partial charge in [-0.25, -0.2) is 0 Å². The van der Waals surface area contributed by atoms with Gasteiger partial charge in [0.15, 0.2) is 0 Å². The number of benzene rings is 2. The number of rotatable bonds is 6. The predicted molar refractivity (Wildman–Crippen MR) is 105 cm³/mol. The number of likely N-dealkylation sites (N-methyl/N-ethyl adjacent to an activating group) is 1. The van der Waals surface area contributed by atoms with Crippen molar-refractivity contribution in [3.63, 3.8) is 0 Å². The molecule has 0 radical (unpaired) electrons. The van der Waals surface area contributed by atoms with Crippen LogP contribution in [0.25, 0.3) is 5.57 Å². The maximum absolute atomic E-state index is 10.7. The molecule has 0 saturated carbocycles. The number of hydrogen-bond donors (Lipinski definition) is 0. The lowest BCUT2D eigenvalue weighted by atomic mass is 10.00. The Balaban J connectivity index is 1.58. The van der Waals surface area contributed by atoms with E-state index in [0.29, 0.717) is 0 Å². The van der Waals surface area contributed by atoms with E-state index in [0.717, 1.165) is 38.2 Å². The molecular weight excluding hydrogens is 326 g/mol. The first-order valence-electron chi connectivity index (χ1n) is 8.90. The summed E-state index contributed by atoms with van der Waals surface area (Å²) in [7, 11) is 4.22. The van der Waals surface area contributed by atoms with Crippen LogP contribution >= 0.6 is 0 Å². The molecule has 0 atom stereocenters. The fraction of sp³-hybridized carbons (Fsp3) is 0.333. The van der Waals surface area contributed by atoms with Gasteiger partial charge in [0.1, 0.15) is 0 Å². The van der Waals surface area contributed by atoms with E-state index in [1.165, 1.54) is 16.7 Å². The number of hydrogen-bond acceptors (Lipinski definition) is 4. The van der Waals surface area contributed by atoms with Crippen LogP contribution in [0.15, 0.2) is 54.6 Å². The van der Waals surface area contributed by atoms with Gasteiger partial charge in [0, 0.05) is 38.3 Å². The van der Waals surface area contributed by atoms with Gasteiger partial charge in [-0.1, -0.05) is 42.5 Å². The number of nitrogens with zero attached hydrogens (tertiary/aromatic N) is 3. The highest BCUT2D eigenvalue weighted by molar-refractivity contribution is 5.67. The molecule has 0 fully saturated rings. The first-order chi connectivity index (χ1) is 12.5. The Bertz CT molecular complexity index is 782. The SMILES string of the molecule is CN1CCC=C(c2ccc(CN(C)Cc3ccc([N+](=O)[O-])cc3)cc2)C1. The van der Waals surface area contributed by atoms with Crippen LogP contribution in [0.4, 0.5) is 5.69 Å². The van der Waals surface area contributed by atoms with Crippen molar-refractivity contribution in [3.8, 4) is 0 Å². The molecule has 0 amide bonds. The van der Waals surface area contributed by atoms with Crippen molar-refractivity contribution in [2.24, 2.45) is 0 Å². The van der Waals surface area contributed by atoms with E-state index < -0.39 is 0 Å². The standard InChI is InChI=1S/C21H25N3O2/c1-22-13-3-4-20(16-22)19-9-5-17(6-10-19)14-23(2)15-18-7-11-21(12-8-18)24(25)26/h4-12H,3,13-16H2,1-2H3. The summed E-state index contributed by atoms with van der Waals surface area (Å²) < 4.78 is 0. The van der Waals surface area contributed by atoms with Crippen LogP contribution in [0, 0.1) is 10.1 Å². The van der Waals surface area contributed by atoms with E-state index in [4.69, 9.17) is 0 Å². The third-order valence-electron chi connectivity index (χ3n) is 4.72. The van der Waals surface area contributed by atoms with Crippen LogP contribution in [0.1, 0.15) is 23.1 Å². The molecule has 0 N–H and O–H groups in total. The number of nitro groups is 1. The zero-order valence-corrected chi connectivity index (χ0v) is 15.4. The normalized spacial score (nSPS) is 15.1. The molecule has 0 bridgehead atoms. The predicted octanol–water partition coefficient (Wildman–Crippen LogP) is 3.95. The highest BCUT2D eigenvalue weighted by atomic mass is 16.6. The lowest BCUT2D eigenvalue weighted by Gasteiger charge is -2.23. The van der Waals surface area contributed by atoms with Gasteiger partial charge in [-0.15, -0.1) is 0 Å². The summed E-state index contributed by atoms with van der Waals surface area (Å²) in [6.07, 6.45) is 3.46. The molecule has 2 aromatic carbocycles. The molecule has 3 rings (SSSR count). The van der Waals surface area contributed by atoms with Crippen molar-refractivity contribution in [2.75, 3.05) is 27.2 Å². The van der Waals surface area contributed by atoms with Crippen molar-refractivity contribution < 1.29 is 4.92 Å². The summed E-state index contributed by atoms with van der Waals surface area (Å²) in [5.41, 5.74) is 5.19. The van der Waals surface area contributed by atoms with E-state index >= 15 is 0 Å². The zero-order chi connectivity index (χ0) is 18.5. The molecule has 5 nitrogen and oxygen atoms in total. The molecule has 0 spiro atoms. The van der Waals surface area contributed by atoms with Crippen LogP contribution in [0.3, 0.4) is 0 Å². The molecule has 1 aliphatic rings. The number of nitro benzene ring substituents is 1. The second-order valence-electron chi connectivity index (χ2n) is 7.05. The Morgan fingerprint density at radius 3 is 2.15 bits per heavy atom. The molecular formula is C21H25N3O2. The quantitative estimate of drug-likeness (QED) is 0.584. The van der Waals surface area contributed by atoms with E-state index in [-0.39, 0.29) is 10.6 Å². The van der Waals surface area contributed by atoms with E-state index in [1.807, 2.05) is 12.1 Å². The topological polar surface area (TPSA) is 49.6 Å². The van der Waals surface area contributed by atoms with Crippen LogP contribution in [0.5, 0.6) is 0 Å². The molecule has 26 heavy (non-hydrogen) atoms. The largest absolute Gasteiger partial charge is 0.302 e. The number of non-ortho nitro benzene ring substituents is 1. The van der Waals surface area contributed by atoms with Crippen molar-refractivity contribution in [1.29, 1.82) is 0 Å². The second-order valence-corrected chi connectivity index (χ2v) is 7.05. The third kappa shape index (κ3) is 4.77. The molecule has 1 aliphatic heterocycles. The maximum Gasteiger partial charge on any atom is 0.269 e. The van der Waals surface area contributed by atoms with E-state index in [1.54, 1.807) is 12.1 Å². The highest BCUT2D eigenvalue weighted by Gasteiger charge is 2.11. The summed E-state index contributed by atoms with van der Waals surface area (Å²) in [4.78, 5) is 14.9. The Morgan fingerprint density at radius 1 is 1.04 bits per heavy atom. The van der Waals surface area contributed by atoms with E-state index in [9.17, 15) is 10.1 Å². The van der Waals surface area contributed by atoms with Gasteiger partial charge in [0.05, 0.1) is 4.92 Å². The molecule has 5 heteroatoms. The summed E-state index contributed by atoms with van der Waals surface area (Å²) in [5, 5.41) is 10.7. The van der Waals surface area contributed by atoms with Gasteiger partial charge in [-0.05, 0) is 42.8 Å². The second kappa shape index (κ2) is 8.25. The van der Waals surface area contributed by atoms with Crippen molar-refractivity contribution in [3.05, 3.63) is 81.4 Å². The van der Waals surface area contributed by atoms with Crippen LogP contribution in [0.2, 0.25) is 0 Å². The van der Waals surface area contributed by atoms with Gasteiger partial charge < -0.3 is 4.90 Å². The van der Waals surface area contributed by atoms with Crippen molar-refractivity contribution in [1.82, 2.24) is 9.80 Å². The first kappa shape index (κ1) is 18.3. The zero-order valence-electron chi connectivity index (χ0n) is 15.4. The molecule has 0 aromatic heterocycles. The summed E-state index contributed by atoms with van der Waals surface area (Å²) in [6, 6.07) is 15.6. The van der Waals surface area contributed by atoms with Crippen LogP contribution < -0.4 is 0 Å². The minimum absolute atomic E-state index is 0.134. The monoisotopic (exact) mass is 351 g/mol. The lowest BCUT2D eigenvalue weighted by molar-refractivity contribution is -0.384. The Hall–Kier alpha value is -2.50. The average Bonchev–Trinajstić information content (AvgIpc) is 2.62. The van der Waals surface area contributed by atoms with E-state index in [2.05, 4.69) is 54.2 Å². The average molecular weight is 351 g/mol. The summed E-state index contributed by atoms with van der Waals surface area (Å²) in [6.45, 7) is 3.75. The van der Waals surface area contributed by atoms with Gasteiger partial charge in [0.25, 0.3) is 5.69 Å². The van der Waals surface area contributed by atoms with Gasteiger partial charge in [0.2, 0.25) is 0 Å². The smallest absolute Gasteiger partial charge is 0.269 e. The molecule has 136 valence electrons. The fourth-order valence-electron chi connectivity index (χ4n) is 3.33. The van der Waals surface area contributed by atoms with Crippen molar-refractivity contribution in [2.45, 2.75) is 19.5 Å². The third-order valence-corrected chi connectivity index (χ3v) is 4.72. The molecule has 1 heterocycles. The first-order valence-corrected chi connectivity index (χ1v) is 8.90. The maximum atomic E-state index is 10.7. The summed E-state index contributed by atoms with van der Waals surface area (Å²) >= 11 is 0. The highest BCUT2D eigenvalue weighted by Crippen LogP contribution is 2.21. The molecule has 0 unspecified atom stereocenters. The molecule has 0 saturated heterocycles. The molecule has 0 aliphatic carbocycles. The van der Waals surface area contributed by atoms with Crippen LogP contribution in [-0.2, 0) is 13.1 Å². The summed E-state index contributed by atoms with van der Waals surface area (Å²) in [5.74, 6) is 0. The lowest BCUT2D eigenvalue weighted by Crippen LogP contribution is -2.24. The van der Waals surface area contributed by atoms with Crippen LogP contribution in [-0.4, -0.2) is 41.9 Å². The Kier molecular flexibility index (Phi) is 5.81. The van der Waals surface area contributed by atoms with Gasteiger partial charge >= 0.3 is 0 Å². The fourth-order valence-corrected chi connectivity index (χ4v) is 3.33. The van der Waals surface area contributed by atoms with Gasteiger partial charge in [-0.2, -0.15) is 0 Å². The minimum atomic E-state index is -0.367. The van der Waals surface area contributed by atoms with Crippen molar-refractivity contribution >= 4 is 11.3 Å². The Labute approximate surface area is 154 Å². The van der Waals surface area contributed by atoms with Gasteiger partial charge in [-0.3, -0.25) is 15.0 Å². The molecule has 2 aromatic rings.